The number of alkyl carbamates (subject to hydrolysis) is 1. The van der Waals surface area contributed by atoms with Crippen LogP contribution in [0.3, 0.4) is 0 Å². The van der Waals surface area contributed by atoms with E-state index in [2.05, 4.69) is 20.6 Å². The fourth-order valence-electron chi connectivity index (χ4n) is 1.19. The zero-order chi connectivity index (χ0) is 14.3. The highest BCUT2D eigenvalue weighted by atomic mass is 16.6. The molecule has 0 radical (unpaired) electrons. The van der Waals surface area contributed by atoms with Gasteiger partial charge in [-0.3, -0.25) is 0 Å². The molecule has 0 saturated carbocycles. The molecule has 1 aromatic heterocycles. The van der Waals surface area contributed by atoms with E-state index in [1.807, 2.05) is 20.8 Å². The van der Waals surface area contributed by atoms with Crippen molar-refractivity contribution in [3.63, 3.8) is 0 Å². The highest BCUT2D eigenvalue weighted by molar-refractivity contribution is 5.67. The maximum absolute atomic E-state index is 11.4. The first-order chi connectivity index (χ1) is 8.90. The number of anilines is 1. The number of nitrogens with zero attached hydrogens (tertiary/aromatic N) is 2. The Bertz CT molecular complexity index is 418. The van der Waals surface area contributed by atoms with E-state index in [0.717, 1.165) is 0 Å². The molecule has 0 unspecified atom stereocenters. The van der Waals surface area contributed by atoms with Crippen LogP contribution in [-0.2, 0) is 4.74 Å². The minimum atomic E-state index is -0.493. The maximum Gasteiger partial charge on any atom is 0.407 e. The quantitative estimate of drug-likeness (QED) is 0.786. The summed E-state index contributed by atoms with van der Waals surface area (Å²) in [5, 5.41) is 5.59. The number of carbonyl (C=O) groups excluding carboxylic acids is 1. The third kappa shape index (κ3) is 6.44. The van der Waals surface area contributed by atoms with E-state index in [0.29, 0.717) is 24.9 Å². The van der Waals surface area contributed by atoms with Crippen LogP contribution in [0.5, 0.6) is 5.88 Å². The topological polar surface area (TPSA) is 85.4 Å². The van der Waals surface area contributed by atoms with Gasteiger partial charge in [-0.25, -0.2) is 9.78 Å². The number of hydrogen-bond acceptors (Lipinski definition) is 6. The number of nitrogens with one attached hydrogen (secondary N) is 2. The largest absolute Gasteiger partial charge is 0.481 e. The van der Waals surface area contributed by atoms with Crippen LogP contribution in [0.25, 0.3) is 0 Å². The average Bonchev–Trinajstić information content (AvgIpc) is 2.33. The first-order valence-corrected chi connectivity index (χ1v) is 5.98. The Kier molecular flexibility index (Phi) is 5.35. The Morgan fingerprint density at radius 1 is 1.37 bits per heavy atom. The summed E-state index contributed by atoms with van der Waals surface area (Å²) >= 11 is 0. The molecule has 0 saturated heterocycles. The van der Waals surface area contributed by atoms with E-state index >= 15 is 0 Å². The van der Waals surface area contributed by atoms with Crippen LogP contribution < -0.4 is 15.4 Å². The highest BCUT2D eigenvalue weighted by Gasteiger charge is 2.15. The summed E-state index contributed by atoms with van der Waals surface area (Å²) in [5.41, 5.74) is -0.493. The normalized spacial score (nSPS) is 10.7. The molecule has 0 bridgehead atoms. The molecule has 1 aromatic rings. The van der Waals surface area contributed by atoms with Gasteiger partial charge in [-0.05, 0) is 20.8 Å². The molecule has 1 amide bonds. The van der Waals surface area contributed by atoms with Crippen molar-refractivity contribution in [2.24, 2.45) is 0 Å². The molecule has 1 heterocycles. The summed E-state index contributed by atoms with van der Waals surface area (Å²) < 4.78 is 10.1. The zero-order valence-electron chi connectivity index (χ0n) is 11.7. The first-order valence-electron chi connectivity index (χ1n) is 5.98. The van der Waals surface area contributed by atoms with Crippen molar-refractivity contribution in [1.29, 1.82) is 0 Å². The summed E-state index contributed by atoms with van der Waals surface area (Å²) in [6.45, 7) is 6.35. The van der Waals surface area contributed by atoms with E-state index < -0.39 is 11.7 Å². The SMILES string of the molecule is COc1ccnc(NCCNC(=O)OC(C)(C)C)n1. The maximum atomic E-state index is 11.4. The summed E-state index contributed by atoms with van der Waals surface area (Å²) in [6.07, 6.45) is 1.15. The lowest BCUT2D eigenvalue weighted by Gasteiger charge is -2.19. The van der Waals surface area contributed by atoms with Gasteiger partial charge in [0, 0.05) is 25.4 Å². The molecule has 0 fully saturated rings. The summed E-state index contributed by atoms with van der Waals surface area (Å²) in [5.74, 6) is 0.933. The average molecular weight is 268 g/mol. The third-order valence-electron chi connectivity index (χ3n) is 1.92. The van der Waals surface area contributed by atoms with Crippen molar-refractivity contribution in [1.82, 2.24) is 15.3 Å². The van der Waals surface area contributed by atoms with Crippen LogP contribution in [0.1, 0.15) is 20.8 Å². The van der Waals surface area contributed by atoms with Gasteiger partial charge in [0.1, 0.15) is 5.60 Å². The molecule has 106 valence electrons. The number of carbonyl (C=O) groups is 1. The summed E-state index contributed by atoms with van der Waals surface area (Å²) in [6, 6.07) is 1.66. The second kappa shape index (κ2) is 6.77. The van der Waals surface area contributed by atoms with Gasteiger partial charge in [0.15, 0.2) is 0 Å². The van der Waals surface area contributed by atoms with E-state index in [9.17, 15) is 4.79 Å². The lowest BCUT2D eigenvalue weighted by Crippen LogP contribution is -2.35. The lowest BCUT2D eigenvalue weighted by atomic mass is 10.2. The second-order valence-corrected chi connectivity index (χ2v) is 4.78. The minimum Gasteiger partial charge on any atom is -0.481 e. The van der Waals surface area contributed by atoms with Crippen molar-refractivity contribution in [3.05, 3.63) is 12.3 Å². The molecule has 0 aliphatic carbocycles. The van der Waals surface area contributed by atoms with Gasteiger partial charge in [-0.15, -0.1) is 0 Å². The molecule has 7 nitrogen and oxygen atoms in total. The van der Waals surface area contributed by atoms with Gasteiger partial charge in [-0.1, -0.05) is 0 Å². The minimum absolute atomic E-state index is 0.412. The monoisotopic (exact) mass is 268 g/mol. The van der Waals surface area contributed by atoms with Gasteiger partial charge in [0.05, 0.1) is 7.11 Å². The fraction of sp³-hybridized carbons (Fsp3) is 0.583. The molecule has 1 rings (SSSR count). The van der Waals surface area contributed by atoms with Crippen LogP contribution in [0.15, 0.2) is 12.3 Å². The number of rotatable bonds is 5. The molecule has 19 heavy (non-hydrogen) atoms. The predicted molar refractivity (Wildman–Crippen MR) is 71.3 cm³/mol. The van der Waals surface area contributed by atoms with E-state index in [4.69, 9.17) is 9.47 Å². The van der Waals surface area contributed by atoms with Crippen LogP contribution in [-0.4, -0.2) is 41.9 Å². The number of hydrogen-bond donors (Lipinski definition) is 2. The molecule has 0 aromatic carbocycles. The van der Waals surface area contributed by atoms with Gasteiger partial charge in [0.2, 0.25) is 11.8 Å². The number of aromatic nitrogens is 2. The van der Waals surface area contributed by atoms with Crippen molar-refractivity contribution >= 4 is 12.0 Å². The standard InChI is InChI=1S/C12H20N4O3/c1-12(2,3)19-11(17)15-8-7-14-10-13-6-5-9(16-10)18-4/h5-6H,7-8H2,1-4H3,(H,15,17)(H,13,14,16). The molecular formula is C12H20N4O3. The summed E-state index contributed by atoms with van der Waals surface area (Å²) in [4.78, 5) is 19.5. The van der Waals surface area contributed by atoms with Crippen LogP contribution in [0.4, 0.5) is 10.7 Å². The number of ether oxygens (including phenoxy) is 2. The molecule has 0 spiro atoms. The molecule has 2 N–H and O–H groups in total. The molecule has 0 atom stereocenters. The second-order valence-electron chi connectivity index (χ2n) is 4.78. The van der Waals surface area contributed by atoms with E-state index in [1.54, 1.807) is 12.3 Å². The Morgan fingerprint density at radius 2 is 2.11 bits per heavy atom. The highest BCUT2D eigenvalue weighted by Crippen LogP contribution is 2.07. The Balaban J connectivity index is 2.25. The lowest BCUT2D eigenvalue weighted by molar-refractivity contribution is 0.0530. The zero-order valence-corrected chi connectivity index (χ0v) is 11.7. The Hall–Kier alpha value is -2.05. The fourth-order valence-corrected chi connectivity index (χ4v) is 1.19. The molecule has 0 aliphatic rings. The van der Waals surface area contributed by atoms with Crippen LogP contribution in [0.2, 0.25) is 0 Å². The molecular weight excluding hydrogens is 248 g/mol. The van der Waals surface area contributed by atoms with Crippen LogP contribution in [0, 0.1) is 0 Å². The van der Waals surface area contributed by atoms with Crippen LogP contribution >= 0.6 is 0 Å². The predicted octanol–water partition coefficient (Wildman–Crippen LogP) is 1.42. The number of methoxy groups -OCH3 is 1. The Labute approximate surface area is 112 Å². The Morgan fingerprint density at radius 3 is 2.74 bits per heavy atom. The summed E-state index contributed by atoms with van der Waals surface area (Å²) in [7, 11) is 1.54. The van der Waals surface area contributed by atoms with Crippen molar-refractivity contribution in [3.8, 4) is 5.88 Å². The van der Waals surface area contributed by atoms with Gasteiger partial charge >= 0.3 is 6.09 Å². The van der Waals surface area contributed by atoms with E-state index in [1.165, 1.54) is 7.11 Å². The van der Waals surface area contributed by atoms with Gasteiger partial charge in [0.25, 0.3) is 0 Å². The number of amides is 1. The first kappa shape index (κ1) is 15.0. The smallest absolute Gasteiger partial charge is 0.407 e. The van der Waals surface area contributed by atoms with Crippen molar-refractivity contribution in [2.75, 3.05) is 25.5 Å². The van der Waals surface area contributed by atoms with Crippen molar-refractivity contribution < 1.29 is 14.3 Å². The molecule has 0 aliphatic heterocycles. The van der Waals surface area contributed by atoms with E-state index in [-0.39, 0.29) is 0 Å². The van der Waals surface area contributed by atoms with Gasteiger partial charge in [-0.2, -0.15) is 4.98 Å². The van der Waals surface area contributed by atoms with Crippen molar-refractivity contribution in [2.45, 2.75) is 26.4 Å². The third-order valence-corrected chi connectivity index (χ3v) is 1.92. The molecule has 7 heteroatoms. The van der Waals surface area contributed by atoms with Gasteiger partial charge < -0.3 is 20.1 Å².